The summed E-state index contributed by atoms with van der Waals surface area (Å²) in [6.07, 6.45) is 4.06. The standard InChI is InChI=1S/C24H28Cl2N4O4S/c1-24(2,19-10-17(12-27)22(21(26)11-19)33-9-8-25)18-4-6-20(7-5-18)34-15-16-13-28-23(29-14-16)30-35(3,31)32/h4-7,10-11,13-14H,8-9,12,15,27H2,1-3H3,(H,28,29,30). The van der Waals surface area contributed by atoms with E-state index in [9.17, 15) is 8.42 Å². The van der Waals surface area contributed by atoms with Crippen molar-refractivity contribution in [2.45, 2.75) is 32.4 Å². The highest BCUT2D eigenvalue weighted by Crippen LogP contribution is 2.38. The average Bonchev–Trinajstić information content (AvgIpc) is 2.81. The molecule has 0 unspecified atom stereocenters. The number of sulfonamides is 1. The third kappa shape index (κ3) is 7.20. The molecule has 3 N–H and O–H groups in total. The number of nitrogens with one attached hydrogen (secondary N) is 1. The molecule has 1 aromatic heterocycles. The van der Waals surface area contributed by atoms with Crippen molar-refractivity contribution in [1.82, 2.24) is 9.97 Å². The Kier molecular flexibility index (Phi) is 8.82. The zero-order valence-electron chi connectivity index (χ0n) is 19.7. The second kappa shape index (κ2) is 11.4. The number of ether oxygens (including phenoxy) is 2. The maximum Gasteiger partial charge on any atom is 0.236 e. The van der Waals surface area contributed by atoms with E-state index in [4.69, 9.17) is 38.4 Å². The van der Waals surface area contributed by atoms with Crippen molar-refractivity contribution >= 4 is 39.2 Å². The number of nitrogens with zero attached hydrogens (tertiary/aromatic N) is 2. The van der Waals surface area contributed by atoms with Gasteiger partial charge in [-0.2, -0.15) is 0 Å². The Morgan fingerprint density at radius 2 is 1.71 bits per heavy atom. The van der Waals surface area contributed by atoms with Crippen molar-refractivity contribution < 1.29 is 17.9 Å². The zero-order valence-corrected chi connectivity index (χ0v) is 22.0. The van der Waals surface area contributed by atoms with Crippen molar-refractivity contribution in [2.75, 3.05) is 23.5 Å². The molecule has 1 heterocycles. The van der Waals surface area contributed by atoms with E-state index in [0.717, 1.165) is 22.9 Å². The minimum Gasteiger partial charge on any atom is -0.490 e. The predicted molar refractivity (Wildman–Crippen MR) is 139 cm³/mol. The maximum absolute atomic E-state index is 11.2. The molecule has 0 spiro atoms. The number of halogens is 2. The van der Waals surface area contributed by atoms with Gasteiger partial charge in [0.15, 0.2) is 0 Å². The molecule has 2 aromatic carbocycles. The monoisotopic (exact) mass is 538 g/mol. The van der Waals surface area contributed by atoms with Crippen LogP contribution < -0.4 is 19.9 Å². The summed E-state index contributed by atoms with van der Waals surface area (Å²) < 4.78 is 36.2. The lowest BCUT2D eigenvalue weighted by molar-refractivity contribution is 0.305. The van der Waals surface area contributed by atoms with Crippen molar-refractivity contribution in [3.63, 3.8) is 0 Å². The lowest BCUT2D eigenvalue weighted by Crippen LogP contribution is -2.20. The van der Waals surface area contributed by atoms with Crippen LogP contribution >= 0.6 is 23.2 Å². The number of nitrogens with two attached hydrogens (primary N) is 1. The van der Waals surface area contributed by atoms with Crippen LogP contribution in [-0.4, -0.2) is 37.1 Å². The van der Waals surface area contributed by atoms with E-state index in [2.05, 4.69) is 28.5 Å². The van der Waals surface area contributed by atoms with Crippen LogP contribution in [0.25, 0.3) is 0 Å². The van der Waals surface area contributed by atoms with Gasteiger partial charge in [-0.1, -0.05) is 37.6 Å². The van der Waals surface area contributed by atoms with Gasteiger partial charge in [0.05, 0.1) is 17.2 Å². The van der Waals surface area contributed by atoms with Crippen LogP contribution in [0.2, 0.25) is 5.02 Å². The average molecular weight is 539 g/mol. The van der Waals surface area contributed by atoms with Crippen LogP contribution in [-0.2, 0) is 28.6 Å². The summed E-state index contributed by atoms with van der Waals surface area (Å²) in [5.41, 5.74) is 9.20. The molecule has 35 heavy (non-hydrogen) atoms. The molecule has 0 aliphatic heterocycles. The molecule has 0 aliphatic rings. The number of rotatable bonds is 11. The van der Waals surface area contributed by atoms with Crippen molar-refractivity contribution in [3.05, 3.63) is 76.1 Å². The molecule has 8 nitrogen and oxygen atoms in total. The highest BCUT2D eigenvalue weighted by atomic mass is 35.5. The molecule has 0 amide bonds. The first kappa shape index (κ1) is 27.0. The number of anilines is 1. The Bertz CT molecular complexity index is 1250. The first-order chi connectivity index (χ1) is 16.5. The Morgan fingerprint density at radius 3 is 2.29 bits per heavy atom. The first-order valence-corrected chi connectivity index (χ1v) is 13.6. The van der Waals surface area contributed by atoms with E-state index in [0.29, 0.717) is 41.1 Å². The van der Waals surface area contributed by atoms with Gasteiger partial charge in [-0.15, -0.1) is 11.6 Å². The quantitative estimate of drug-likeness (QED) is 0.345. The van der Waals surface area contributed by atoms with Crippen LogP contribution in [0.4, 0.5) is 5.95 Å². The van der Waals surface area contributed by atoms with Crippen molar-refractivity contribution in [1.29, 1.82) is 0 Å². The molecule has 3 rings (SSSR count). The van der Waals surface area contributed by atoms with Gasteiger partial charge in [-0.05, 0) is 35.4 Å². The molecule has 0 radical (unpaired) electrons. The fourth-order valence-electron chi connectivity index (χ4n) is 3.41. The molecular formula is C24H28Cl2N4O4S. The van der Waals surface area contributed by atoms with Gasteiger partial charge >= 0.3 is 0 Å². The topological polar surface area (TPSA) is 116 Å². The van der Waals surface area contributed by atoms with E-state index < -0.39 is 10.0 Å². The van der Waals surface area contributed by atoms with E-state index in [1.54, 1.807) is 0 Å². The van der Waals surface area contributed by atoms with Crippen LogP contribution in [0.1, 0.15) is 36.1 Å². The molecular weight excluding hydrogens is 511 g/mol. The van der Waals surface area contributed by atoms with E-state index >= 15 is 0 Å². The van der Waals surface area contributed by atoms with E-state index in [1.165, 1.54) is 12.4 Å². The normalized spacial score (nSPS) is 11.8. The molecule has 0 fully saturated rings. The number of hydrogen-bond acceptors (Lipinski definition) is 7. The lowest BCUT2D eigenvalue weighted by atomic mass is 9.77. The van der Waals surface area contributed by atoms with Crippen molar-refractivity contribution in [2.24, 2.45) is 5.73 Å². The molecule has 0 saturated heterocycles. The number of alkyl halides is 1. The van der Waals surface area contributed by atoms with Gasteiger partial charge in [-0.25, -0.2) is 18.4 Å². The fourth-order valence-corrected chi connectivity index (χ4v) is 4.22. The summed E-state index contributed by atoms with van der Waals surface area (Å²) in [6, 6.07) is 11.7. The summed E-state index contributed by atoms with van der Waals surface area (Å²) in [5.74, 6) is 1.62. The second-order valence-corrected chi connectivity index (χ2v) is 10.9. The van der Waals surface area contributed by atoms with Crippen LogP contribution in [0.15, 0.2) is 48.8 Å². The Labute approximate surface area is 215 Å². The fraction of sp³-hybridized carbons (Fsp3) is 0.333. The van der Waals surface area contributed by atoms with Crippen LogP contribution in [0.3, 0.4) is 0 Å². The summed E-state index contributed by atoms with van der Waals surface area (Å²) in [5, 5.41) is 0.501. The summed E-state index contributed by atoms with van der Waals surface area (Å²) in [4.78, 5) is 7.97. The van der Waals surface area contributed by atoms with Crippen LogP contribution in [0, 0.1) is 0 Å². The SMILES string of the molecule is CC(C)(c1ccc(OCc2cnc(NS(C)(=O)=O)nc2)cc1)c1cc(Cl)c(OCCCl)c(CN)c1. The van der Waals surface area contributed by atoms with Crippen LogP contribution in [0.5, 0.6) is 11.5 Å². The largest absolute Gasteiger partial charge is 0.490 e. The van der Waals surface area contributed by atoms with Gasteiger partial charge in [0.1, 0.15) is 24.7 Å². The molecule has 11 heteroatoms. The van der Waals surface area contributed by atoms with Gasteiger partial charge in [0, 0.05) is 35.5 Å². The Morgan fingerprint density at radius 1 is 1.06 bits per heavy atom. The summed E-state index contributed by atoms with van der Waals surface area (Å²) in [7, 11) is -3.43. The molecule has 0 aliphatic carbocycles. The number of aromatic nitrogens is 2. The van der Waals surface area contributed by atoms with Gasteiger partial charge in [0.2, 0.25) is 16.0 Å². The summed E-state index contributed by atoms with van der Waals surface area (Å²) in [6.45, 7) is 5.10. The second-order valence-electron chi connectivity index (χ2n) is 8.42. The Balaban J connectivity index is 1.71. The van der Waals surface area contributed by atoms with E-state index in [-0.39, 0.29) is 18.0 Å². The lowest BCUT2D eigenvalue weighted by Gasteiger charge is -2.28. The number of benzene rings is 2. The van der Waals surface area contributed by atoms with Gasteiger partial charge in [-0.3, -0.25) is 4.72 Å². The van der Waals surface area contributed by atoms with Gasteiger partial charge in [0.25, 0.3) is 0 Å². The smallest absolute Gasteiger partial charge is 0.236 e. The number of hydrogen-bond donors (Lipinski definition) is 2. The van der Waals surface area contributed by atoms with Gasteiger partial charge < -0.3 is 15.2 Å². The molecule has 188 valence electrons. The predicted octanol–water partition coefficient (Wildman–Crippen LogP) is 4.48. The summed E-state index contributed by atoms with van der Waals surface area (Å²) >= 11 is 12.3. The molecule has 3 aromatic rings. The minimum absolute atomic E-state index is 0.0133. The maximum atomic E-state index is 11.2. The highest BCUT2D eigenvalue weighted by Gasteiger charge is 2.25. The third-order valence-electron chi connectivity index (χ3n) is 5.35. The molecule has 0 bridgehead atoms. The highest BCUT2D eigenvalue weighted by molar-refractivity contribution is 7.91. The first-order valence-electron chi connectivity index (χ1n) is 10.8. The van der Waals surface area contributed by atoms with E-state index in [1.807, 2.05) is 36.4 Å². The van der Waals surface area contributed by atoms with Crippen molar-refractivity contribution in [3.8, 4) is 11.5 Å². The Hall–Kier alpha value is -2.59. The molecule has 0 saturated carbocycles. The third-order valence-corrected chi connectivity index (χ3v) is 6.34. The molecule has 0 atom stereocenters. The minimum atomic E-state index is -3.43. The zero-order chi connectivity index (χ0) is 25.6.